The first-order valence-corrected chi connectivity index (χ1v) is 9.51. The summed E-state index contributed by atoms with van der Waals surface area (Å²) in [5.74, 6) is 1.42. The molecule has 144 valence electrons. The van der Waals surface area contributed by atoms with Gasteiger partial charge in [0.2, 0.25) is 0 Å². The molecule has 0 saturated heterocycles. The number of anilines is 1. The molecule has 6 heteroatoms. The first-order chi connectivity index (χ1) is 13.5. The molecule has 1 aromatic heterocycles. The summed E-state index contributed by atoms with van der Waals surface area (Å²) in [5.41, 5.74) is 3.32. The van der Waals surface area contributed by atoms with Crippen molar-refractivity contribution in [2.75, 3.05) is 19.1 Å². The van der Waals surface area contributed by atoms with Crippen molar-refractivity contribution in [2.45, 2.75) is 13.5 Å². The molecule has 0 N–H and O–H groups in total. The average Bonchev–Trinajstić information content (AvgIpc) is 2.72. The van der Waals surface area contributed by atoms with Gasteiger partial charge in [0.05, 0.1) is 26.3 Å². The zero-order valence-electron chi connectivity index (χ0n) is 16.0. The third-order valence-corrected chi connectivity index (χ3v) is 5.07. The number of rotatable bonds is 6. The molecular formula is C22H21BrN2O3. The average molecular weight is 441 g/mol. The highest BCUT2D eigenvalue weighted by molar-refractivity contribution is 9.10. The predicted molar refractivity (Wildman–Crippen MR) is 113 cm³/mol. The van der Waals surface area contributed by atoms with Gasteiger partial charge < -0.3 is 14.4 Å². The molecule has 0 unspecified atom stereocenters. The fourth-order valence-electron chi connectivity index (χ4n) is 2.93. The van der Waals surface area contributed by atoms with Crippen LogP contribution in [0.3, 0.4) is 0 Å². The van der Waals surface area contributed by atoms with Crippen molar-refractivity contribution in [1.82, 2.24) is 4.98 Å². The summed E-state index contributed by atoms with van der Waals surface area (Å²) in [6.07, 6.45) is 3.24. The van der Waals surface area contributed by atoms with Crippen molar-refractivity contribution >= 4 is 27.5 Å². The van der Waals surface area contributed by atoms with E-state index in [9.17, 15) is 4.79 Å². The molecule has 2 aromatic carbocycles. The summed E-state index contributed by atoms with van der Waals surface area (Å²) in [4.78, 5) is 19.2. The van der Waals surface area contributed by atoms with Crippen LogP contribution in [0.5, 0.6) is 11.5 Å². The number of ether oxygens (including phenoxy) is 2. The normalized spacial score (nSPS) is 10.4. The van der Waals surface area contributed by atoms with Gasteiger partial charge in [-0.05, 0) is 70.4 Å². The van der Waals surface area contributed by atoms with Gasteiger partial charge in [0.1, 0.15) is 11.5 Å². The van der Waals surface area contributed by atoms with Gasteiger partial charge in [-0.2, -0.15) is 0 Å². The van der Waals surface area contributed by atoms with Crippen LogP contribution in [-0.2, 0) is 6.54 Å². The van der Waals surface area contributed by atoms with Crippen LogP contribution in [0.2, 0.25) is 0 Å². The lowest BCUT2D eigenvalue weighted by Gasteiger charge is -2.25. The second-order valence-electron chi connectivity index (χ2n) is 6.25. The Morgan fingerprint density at radius 2 is 1.71 bits per heavy atom. The van der Waals surface area contributed by atoms with Gasteiger partial charge in [-0.3, -0.25) is 9.78 Å². The van der Waals surface area contributed by atoms with Gasteiger partial charge in [-0.25, -0.2) is 0 Å². The lowest BCUT2D eigenvalue weighted by molar-refractivity contribution is 0.0984. The molecule has 0 aliphatic heterocycles. The Morgan fingerprint density at radius 1 is 1.04 bits per heavy atom. The molecule has 0 aliphatic rings. The number of carbonyl (C=O) groups excluding carboxylic acids is 1. The van der Waals surface area contributed by atoms with Crippen LogP contribution in [0.15, 0.2) is 65.4 Å². The Labute approximate surface area is 173 Å². The number of hydrogen-bond donors (Lipinski definition) is 0. The summed E-state index contributed by atoms with van der Waals surface area (Å²) in [6, 6.07) is 15.1. The van der Waals surface area contributed by atoms with E-state index in [1.165, 1.54) is 0 Å². The van der Waals surface area contributed by atoms with Crippen LogP contribution < -0.4 is 14.4 Å². The Morgan fingerprint density at radius 3 is 2.32 bits per heavy atom. The number of halogens is 1. The van der Waals surface area contributed by atoms with E-state index in [1.54, 1.807) is 37.6 Å². The summed E-state index contributed by atoms with van der Waals surface area (Å²) in [6.45, 7) is 2.39. The standard InChI is InChI=1S/C22H21BrN2O3/c1-15-12-18(28-3)8-9-21(15)25(14-16-4-6-17(27-2)7-5-16)22(26)19-10-11-24-13-20(19)23/h4-13H,14H2,1-3H3. The van der Waals surface area contributed by atoms with Gasteiger partial charge >= 0.3 is 0 Å². The number of nitrogens with zero attached hydrogens (tertiary/aromatic N) is 2. The van der Waals surface area contributed by atoms with E-state index in [1.807, 2.05) is 49.4 Å². The summed E-state index contributed by atoms with van der Waals surface area (Å²) < 4.78 is 11.2. The van der Waals surface area contributed by atoms with Crippen LogP contribution in [0.4, 0.5) is 5.69 Å². The molecule has 1 heterocycles. The fraction of sp³-hybridized carbons (Fsp3) is 0.182. The zero-order valence-corrected chi connectivity index (χ0v) is 17.6. The molecule has 0 fully saturated rings. The first-order valence-electron chi connectivity index (χ1n) is 8.72. The van der Waals surface area contributed by atoms with Crippen molar-refractivity contribution in [3.63, 3.8) is 0 Å². The summed E-state index contributed by atoms with van der Waals surface area (Å²) >= 11 is 3.44. The minimum absolute atomic E-state index is 0.113. The highest BCUT2D eigenvalue weighted by atomic mass is 79.9. The minimum Gasteiger partial charge on any atom is -0.497 e. The molecule has 3 aromatic rings. The van der Waals surface area contributed by atoms with E-state index < -0.39 is 0 Å². The van der Waals surface area contributed by atoms with Crippen molar-refractivity contribution in [2.24, 2.45) is 0 Å². The number of amides is 1. The monoisotopic (exact) mass is 440 g/mol. The molecular weight excluding hydrogens is 420 g/mol. The number of hydrogen-bond acceptors (Lipinski definition) is 4. The molecule has 5 nitrogen and oxygen atoms in total. The highest BCUT2D eigenvalue weighted by Crippen LogP contribution is 2.29. The fourth-order valence-corrected chi connectivity index (χ4v) is 3.35. The number of carbonyl (C=O) groups is 1. The van der Waals surface area contributed by atoms with E-state index in [2.05, 4.69) is 20.9 Å². The number of methoxy groups -OCH3 is 2. The van der Waals surface area contributed by atoms with Crippen LogP contribution in [0.1, 0.15) is 21.5 Å². The van der Waals surface area contributed by atoms with Gasteiger partial charge in [-0.1, -0.05) is 12.1 Å². The quantitative estimate of drug-likeness (QED) is 0.539. The molecule has 0 saturated carbocycles. The van der Waals surface area contributed by atoms with Crippen molar-refractivity contribution < 1.29 is 14.3 Å². The Bertz CT molecular complexity index is 974. The maximum Gasteiger partial charge on any atom is 0.259 e. The Kier molecular flexibility index (Phi) is 6.31. The van der Waals surface area contributed by atoms with Crippen LogP contribution in [0.25, 0.3) is 0 Å². The largest absolute Gasteiger partial charge is 0.497 e. The number of pyridine rings is 1. The Balaban J connectivity index is 2.02. The molecule has 0 aliphatic carbocycles. The van der Waals surface area contributed by atoms with Crippen LogP contribution in [-0.4, -0.2) is 25.1 Å². The minimum atomic E-state index is -0.113. The second kappa shape index (κ2) is 8.89. The van der Waals surface area contributed by atoms with Gasteiger partial charge in [0.15, 0.2) is 0 Å². The molecule has 0 bridgehead atoms. The molecule has 1 amide bonds. The number of benzene rings is 2. The zero-order chi connectivity index (χ0) is 20.1. The lowest BCUT2D eigenvalue weighted by atomic mass is 10.1. The van der Waals surface area contributed by atoms with Gasteiger partial charge in [0.25, 0.3) is 5.91 Å². The molecule has 28 heavy (non-hydrogen) atoms. The predicted octanol–water partition coefficient (Wildman–Crippen LogP) is 5.02. The van der Waals surface area contributed by atoms with E-state index >= 15 is 0 Å². The first kappa shape index (κ1) is 19.9. The highest BCUT2D eigenvalue weighted by Gasteiger charge is 2.22. The summed E-state index contributed by atoms with van der Waals surface area (Å²) in [5, 5.41) is 0. The van der Waals surface area contributed by atoms with Crippen LogP contribution >= 0.6 is 15.9 Å². The maximum atomic E-state index is 13.4. The SMILES string of the molecule is COc1ccc(CN(C(=O)c2ccncc2Br)c2ccc(OC)cc2C)cc1. The van der Waals surface area contributed by atoms with E-state index in [4.69, 9.17) is 9.47 Å². The second-order valence-corrected chi connectivity index (χ2v) is 7.10. The van der Waals surface area contributed by atoms with Gasteiger partial charge in [-0.15, -0.1) is 0 Å². The summed E-state index contributed by atoms with van der Waals surface area (Å²) in [7, 11) is 3.26. The lowest BCUT2D eigenvalue weighted by Crippen LogP contribution is -2.31. The maximum absolute atomic E-state index is 13.4. The number of aryl methyl sites for hydroxylation is 1. The molecule has 0 radical (unpaired) electrons. The van der Waals surface area contributed by atoms with Crippen molar-refractivity contribution in [1.29, 1.82) is 0 Å². The third-order valence-electron chi connectivity index (χ3n) is 4.44. The number of aromatic nitrogens is 1. The third kappa shape index (κ3) is 4.34. The van der Waals surface area contributed by atoms with Gasteiger partial charge in [0, 0.05) is 22.6 Å². The molecule has 0 atom stereocenters. The van der Waals surface area contributed by atoms with E-state index in [0.717, 1.165) is 28.3 Å². The van der Waals surface area contributed by atoms with Crippen molar-refractivity contribution in [3.05, 3.63) is 82.1 Å². The van der Waals surface area contributed by atoms with E-state index in [0.29, 0.717) is 16.6 Å². The molecule has 0 spiro atoms. The molecule has 3 rings (SSSR count). The van der Waals surface area contributed by atoms with E-state index in [-0.39, 0.29) is 5.91 Å². The smallest absolute Gasteiger partial charge is 0.259 e. The topological polar surface area (TPSA) is 51.7 Å². The Hall–Kier alpha value is -2.86. The van der Waals surface area contributed by atoms with Crippen molar-refractivity contribution in [3.8, 4) is 11.5 Å². The van der Waals surface area contributed by atoms with Crippen LogP contribution in [0, 0.1) is 6.92 Å².